The lowest BCUT2D eigenvalue weighted by atomic mass is 10.2. The molecule has 1 N–H and O–H groups in total. The minimum absolute atomic E-state index is 0.0167. The van der Waals surface area contributed by atoms with Crippen LogP contribution in [0.5, 0.6) is 0 Å². The van der Waals surface area contributed by atoms with Crippen LogP contribution >= 0.6 is 22.9 Å². The van der Waals surface area contributed by atoms with E-state index in [2.05, 4.69) is 9.97 Å². The van der Waals surface area contributed by atoms with Crippen molar-refractivity contribution in [2.75, 3.05) is 31.1 Å². The zero-order valence-corrected chi connectivity index (χ0v) is 16.3. The summed E-state index contributed by atoms with van der Waals surface area (Å²) in [7, 11) is 0. The van der Waals surface area contributed by atoms with Crippen molar-refractivity contribution in [3.8, 4) is 11.4 Å². The highest BCUT2D eigenvalue weighted by atomic mass is 35.5. The summed E-state index contributed by atoms with van der Waals surface area (Å²) in [5.41, 5.74) is 0.467. The van der Waals surface area contributed by atoms with Crippen LogP contribution < -0.4 is 4.90 Å². The van der Waals surface area contributed by atoms with Crippen molar-refractivity contribution in [2.24, 2.45) is 0 Å². The zero-order valence-electron chi connectivity index (χ0n) is 14.7. The molecular weight excluding hydrogens is 426 g/mol. The molecule has 7 nitrogen and oxygen atoms in total. The molecule has 4 rings (SSSR count). The number of benzene rings is 1. The van der Waals surface area contributed by atoms with Gasteiger partial charge in [0, 0.05) is 26.2 Å². The number of piperazine rings is 1. The summed E-state index contributed by atoms with van der Waals surface area (Å²) in [5.74, 6) is -3.43. The summed E-state index contributed by atoms with van der Waals surface area (Å²) in [6, 6.07) is 3.59. The largest absolute Gasteiger partial charge is 0.474 e. The van der Waals surface area contributed by atoms with E-state index in [-0.39, 0.29) is 29.5 Å². The van der Waals surface area contributed by atoms with Gasteiger partial charge in [-0.25, -0.2) is 23.5 Å². The van der Waals surface area contributed by atoms with Crippen molar-refractivity contribution in [3.63, 3.8) is 0 Å². The number of halogens is 3. The number of thiophene rings is 1. The highest BCUT2D eigenvalue weighted by molar-refractivity contribution is 7.17. The van der Waals surface area contributed by atoms with Crippen molar-refractivity contribution in [1.29, 1.82) is 0 Å². The van der Waals surface area contributed by atoms with Crippen molar-refractivity contribution < 1.29 is 23.5 Å². The molecule has 0 unspecified atom stereocenters. The number of nitrogens with zero attached hydrogens (tertiary/aromatic N) is 4. The fraction of sp³-hybridized carbons (Fsp3) is 0.222. The number of aromatic nitrogens is 2. The summed E-state index contributed by atoms with van der Waals surface area (Å²) in [6.07, 6.45) is 0. The topological polar surface area (TPSA) is 86.6 Å². The standard InChI is InChI=1S/C18H13ClF2N4O3S/c19-10-8-11(20)9(7-12(10)21)15-22-13-1-6-29-14(13)16(23-15)24-2-4-25(5-3-24)17(26)18(27)28/h1,6-8H,2-5H2,(H,27,28). The molecule has 2 aromatic heterocycles. The normalized spacial score (nSPS) is 14.4. The van der Waals surface area contributed by atoms with E-state index in [1.54, 1.807) is 6.07 Å². The van der Waals surface area contributed by atoms with Crippen LogP contribution in [0.2, 0.25) is 5.02 Å². The lowest BCUT2D eigenvalue weighted by Crippen LogP contribution is -2.50. The lowest BCUT2D eigenvalue weighted by molar-refractivity contribution is -0.156. The Morgan fingerprint density at radius 2 is 1.83 bits per heavy atom. The van der Waals surface area contributed by atoms with E-state index < -0.39 is 23.5 Å². The Labute approximate surface area is 172 Å². The lowest BCUT2D eigenvalue weighted by Gasteiger charge is -2.34. The number of carbonyl (C=O) groups excluding carboxylic acids is 1. The van der Waals surface area contributed by atoms with Crippen LogP contribution in [0.4, 0.5) is 14.6 Å². The van der Waals surface area contributed by atoms with Gasteiger partial charge in [-0.1, -0.05) is 11.6 Å². The highest BCUT2D eigenvalue weighted by Crippen LogP contribution is 2.33. The van der Waals surface area contributed by atoms with Gasteiger partial charge in [0.05, 0.1) is 20.8 Å². The fourth-order valence-electron chi connectivity index (χ4n) is 3.13. The van der Waals surface area contributed by atoms with Crippen LogP contribution in [-0.2, 0) is 9.59 Å². The molecule has 29 heavy (non-hydrogen) atoms. The molecule has 150 valence electrons. The SMILES string of the molecule is O=C(O)C(=O)N1CCN(c2nc(-c3cc(F)c(Cl)cc3F)nc3ccsc23)CC1. The summed E-state index contributed by atoms with van der Waals surface area (Å²) in [6.45, 7) is 1.11. The van der Waals surface area contributed by atoms with Crippen molar-refractivity contribution in [2.45, 2.75) is 0 Å². The Morgan fingerprint density at radius 1 is 1.10 bits per heavy atom. The zero-order chi connectivity index (χ0) is 20.7. The Bertz CT molecular complexity index is 1130. The summed E-state index contributed by atoms with van der Waals surface area (Å²) in [4.78, 5) is 34.4. The molecule has 0 atom stereocenters. The number of hydrogen-bond donors (Lipinski definition) is 1. The van der Waals surface area contributed by atoms with Crippen molar-refractivity contribution >= 4 is 50.8 Å². The molecule has 1 fully saturated rings. The molecule has 3 aromatic rings. The molecule has 0 aliphatic carbocycles. The molecule has 0 saturated carbocycles. The number of carboxylic acids is 1. The maximum atomic E-state index is 14.4. The Hall–Kier alpha value is -2.85. The number of carboxylic acid groups (broad SMARTS) is 1. The maximum Gasteiger partial charge on any atom is 0.394 e. The van der Waals surface area contributed by atoms with Gasteiger partial charge in [0.25, 0.3) is 0 Å². The van der Waals surface area contributed by atoms with Crippen LogP contribution in [0.25, 0.3) is 21.6 Å². The molecule has 1 aliphatic rings. The van der Waals surface area contributed by atoms with Crippen LogP contribution in [0.3, 0.4) is 0 Å². The van der Waals surface area contributed by atoms with E-state index in [1.807, 2.05) is 10.3 Å². The third-order valence-electron chi connectivity index (χ3n) is 4.59. The van der Waals surface area contributed by atoms with E-state index in [1.165, 1.54) is 16.2 Å². The number of aliphatic carboxylic acids is 1. The fourth-order valence-corrected chi connectivity index (χ4v) is 4.13. The highest BCUT2D eigenvalue weighted by Gasteiger charge is 2.27. The number of fused-ring (bicyclic) bond motifs is 1. The predicted octanol–water partition coefficient (Wildman–Crippen LogP) is 3.02. The first-order valence-corrected chi connectivity index (χ1v) is 9.78. The summed E-state index contributed by atoms with van der Waals surface area (Å²) in [5, 5.41) is 10.3. The number of carbonyl (C=O) groups is 2. The molecule has 0 bridgehead atoms. The number of hydrogen-bond acceptors (Lipinski definition) is 6. The van der Waals surface area contributed by atoms with Gasteiger partial charge in [-0.2, -0.15) is 0 Å². The third kappa shape index (κ3) is 3.60. The van der Waals surface area contributed by atoms with Gasteiger partial charge >= 0.3 is 11.9 Å². The number of rotatable bonds is 2. The molecule has 3 heterocycles. The van der Waals surface area contributed by atoms with Crippen LogP contribution in [0.1, 0.15) is 0 Å². The van der Waals surface area contributed by atoms with Gasteiger partial charge < -0.3 is 14.9 Å². The number of amides is 1. The minimum Gasteiger partial charge on any atom is -0.474 e. The van der Waals surface area contributed by atoms with Gasteiger partial charge in [0.2, 0.25) is 0 Å². The van der Waals surface area contributed by atoms with E-state index in [0.29, 0.717) is 24.4 Å². The Kier molecular flexibility index (Phi) is 5.05. The van der Waals surface area contributed by atoms with E-state index in [0.717, 1.165) is 16.8 Å². The monoisotopic (exact) mass is 438 g/mol. The van der Waals surface area contributed by atoms with Crippen LogP contribution in [0.15, 0.2) is 23.6 Å². The Balaban J connectivity index is 1.71. The molecule has 0 spiro atoms. The molecule has 1 saturated heterocycles. The molecule has 1 amide bonds. The molecule has 1 aliphatic heterocycles. The average molecular weight is 439 g/mol. The van der Waals surface area contributed by atoms with Gasteiger partial charge in [-0.05, 0) is 23.6 Å². The molecule has 11 heteroatoms. The Morgan fingerprint density at radius 3 is 2.52 bits per heavy atom. The smallest absolute Gasteiger partial charge is 0.394 e. The summed E-state index contributed by atoms with van der Waals surface area (Å²) >= 11 is 7.03. The van der Waals surface area contributed by atoms with Gasteiger partial charge in [0.1, 0.15) is 11.6 Å². The molecule has 1 aromatic carbocycles. The molecular formula is C18H13ClF2N4O3S. The summed E-state index contributed by atoms with van der Waals surface area (Å²) < 4.78 is 29.0. The maximum absolute atomic E-state index is 14.4. The first kappa shape index (κ1) is 19.5. The van der Waals surface area contributed by atoms with Crippen LogP contribution in [0, 0.1) is 11.6 Å². The van der Waals surface area contributed by atoms with E-state index in [9.17, 15) is 18.4 Å². The van der Waals surface area contributed by atoms with Crippen LogP contribution in [-0.4, -0.2) is 58.0 Å². The predicted molar refractivity (Wildman–Crippen MR) is 104 cm³/mol. The van der Waals surface area contributed by atoms with Gasteiger partial charge in [0.15, 0.2) is 11.6 Å². The quantitative estimate of drug-likeness (QED) is 0.489. The molecule has 0 radical (unpaired) electrons. The minimum atomic E-state index is -1.50. The van der Waals surface area contributed by atoms with Crippen molar-refractivity contribution in [1.82, 2.24) is 14.9 Å². The van der Waals surface area contributed by atoms with Crippen molar-refractivity contribution in [3.05, 3.63) is 40.2 Å². The first-order valence-electron chi connectivity index (χ1n) is 8.52. The first-order chi connectivity index (χ1) is 13.8. The van der Waals surface area contributed by atoms with Gasteiger partial charge in [-0.15, -0.1) is 11.3 Å². The average Bonchev–Trinajstić information content (AvgIpc) is 3.18. The second kappa shape index (κ2) is 7.53. The second-order valence-electron chi connectivity index (χ2n) is 6.34. The third-order valence-corrected chi connectivity index (χ3v) is 5.78. The number of anilines is 1. The van der Waals surface area contributed by atoms with Gasteiger partial charge in [-0.3, -0.25) is 4.79 Å². The van der Waals surface area contributed by atoms with E-state index in [4.69, 9.17) is 16.7 Å². The van der Waals surface area contributed by atoms with E-state index >= 15 is 0 Å². The second-order valence-corrected chi connectivity index (χ2v) is 7.66.